The molecule has 6 nitrogen and oxygen atoms in total. The molecule has 7 heteroatoms. The van der Waals surface area contributed by atoms with Crippen LogP contribution in [0, 0.1) is 0 Å². The van der Waals surface area contributed by atoms with E-state index in [4.69, 9.17) is 11.5 Å². The Bertz CT molecular complexity index is 246. The maximum atomic E-state index is 10.8. The number of carbonyl (C=O) groups is 1. The van der Waals surface area contributed by atoms with Crippen LogP contribution >= 0.6 is 0 Å². The molecule has 0 aliphatic carbocycles. The summed E-state index contributed by atoms with van der Waals surface area (Å²) in [4.78, 5) is 10.7. The van der Waals surface area contributed by atoms with Gasteiger partial charge in [0.2, 0.25) is 0 Å². The Kier molecular flexibility index (Phi) is 4.15. The Labute approximate surface area is 71.0 Å². The topological polar surface area (TPSA) is 112 Å². The molecule has 0 heterocycles. The molecule has 0 aliphatic heterocycles. The first-order valence-electron chi connectivity index (χ1n) is 3.30. The van der Waals surface area contributed by atoms with Crippen molar-refractivity contribution in [3.63, 3.8) is 0 Å². The second-order valence-corrected chi connectivity index (χ2v) is 3.93. The molecule has 0 amide bonds. The van der Waals surface area contributed by atoms with Gasteiger partial charge in [0.05, 0.1) is 5.75 Å². The second-order valence-electron chi connectivity index (χ2n) is 2.24. The zero-order chi connectivity index (χ0) is 9.78. The molecule has 0 radical (unpaired) electrons. The zero-order valence-corrected chi connectivity index (χ0v) is 7.50. The number of hydrogen-bond acceptors (Lipinski definition) is 6. The van der Waals surface area contributed by atoms with E-state index in [2.05, 4.69) is 4.18 Å². The van der Waals surface area contributed by atoms with Crippen molar-refractivity contribution < 1.29 is 17.4 Å². The van der Waals surface area contributed by atoms with Crippen molar-refractivity contribution >= 4 is 16.1 Å². The van der Waals surface area contributed by atoms with Crippen LogP contribution in [0.25, 0.3) is 0 Å². The van der Waals surface area contributed by atoms with E-state index in [-0.39, 0.29) is 12.3 Å². The molecule has 0 aliphatic rings. The van der Waals surface area contributed by atoms with Crippen LogP contribution in [0.1, 0.15) is 6.92 Å². The lowest BCUT2D eigenvalue weighted by Crippen LogP contribution is -2.32. The number of rotatable bonds is 4. The van der Waals surface area contributed by atoms with E-state index in [9.17, 15) is 13.2 Å². The number of hydrogen-bond donors (Lipinski definition) is 2. The summed E-state index contributed by atoms with van der Waals surface area (Å²) in [6.07, 6.45) is 0. The lowest BCUT2D eigenvalue weighted by molar-refractivity contribution is -0.134. The Morgan fingerprint density at radius 2 is 2.08 bits per heavy atom. The van der Waals surface area contributed by atoms with Gasteiger partial charge in [-0.2, -0.15) is 8.42 Å². The van der Waals surface area contributed by atoms with Crippen molar-refractivity contribution in [2.24, 2.45) is 11.5 Å². The number of carbonyl (C=O) groups excluding carboxylic acids is 1. The van der Waals surface area contributed by atoms with Crippen molar-refractivity contribution in [2.45, 2.75) is 13.0 Å². The first-order chi connectivity index (χ1) is 5.39. The van der Waals surface area contributed by atoms with E-state index in [0.29, 0.717) is 0 Å². The third-order valence-corrected chi connectivity index (χ3v) is 2.10. The van der Waals surface area contributed by atoms with Gasteiger partial charge in [0.1, 0.15) is 6.04 Å². The number of nitrogens with two attached hydrogens (primary N) is 2. The van der Waals surface area contributed by atoms with Crippen LogP contribution in [0.2, 0.25) is 0 Å². The Morgan fingerprint density at radius 1 is 1.58 bits per heavy atom. The minimum Gasteiger partial charge on any atom is -0.344 e. The molecule has 72 valence electrons. The third-order valence-electron chi connectivity index (χ3n) is 0.949. The van der Waals surface area contributed by atoms with E-state index in [1.165, 1.54) is 6.92 Å². The first-order valence-corrected chi connectivity index (χ1v) is 4.88. The van der Waals surface area contributed by atoms with E-state index in [1.807, 2.05) is 0 Å². The molecule has 12 heavy (non-hydrogen) atoms. The SMILES string of the molecule is C[C@H](N)C(=O)OS(=O)(=O)CCN. The molecule has 1 atom stereocenters. The minimum atomic E-state index is -3.83. The van der Waals surface area contributed by atoms with Crippen LogP contribution in [0.3, 0.4) is 0 Å². The molecular weight excluding hydrogens is 184 g/mol. The largest absolute Gasteiger partial charge is 0.344 e. The third kappa shape index (κ3) is 4.27. The average Bonchev–Trinajstić information content (AvgIpc) is 1.85. The molecule has 0 unspecified atom stereocenters. The van der Waals surface area contributed by atoms with Gasteiger partial charge < -0.3 is 15.7 Å². The summed E-state index contributed by atoms with van der Waals surface area (Å²) in [5, 5.41) is 0. The van der Waals surface area contributed by atoms with Crippen LogP contribution in [0.5, 0.6) is 0 Å². The molecule has 4 N–H and O–H groups in total. The Morgan fingerprint density at radius 3 is 2.42 bits per heavy atom. The van der Waals surface area contributed by atoms with Crippen molar-refractivity contribution in [1.29, 1.82) is 0 Å². The van der Waals surface area contributed by atoms with Gasteiger partial charge >= 0.3 is 16.1 Å². The highest BCUT2D eigenvalue weighted by atomic mass is 32.2. The quantitative estimate of drug-likeness (QED) is 0.511. The van der Waals surface area contributed by atoms with Gasteiger partial charge in [0.15, 0.2) is 0 Å². The summed E-state index contributed by atoms with van der Waals surface area (Å²) in [7, 11) is -3.83. The maximum absolute atomic E-state index is 10.8. The van der Waals surface area contributed by atoms with Gasteiger partial charge in [0.25, 0.3) is 0 Å². The lowest BCUT2D eigenvalue weighted by Gasteiger charge is -2.05. The molecule has 0 bridgehead atoms. The normalized spacial score (nSPS) is 13.9. The maximum Gasteiger partial charge on any atom is 0.338 e. The Hall–Kier alpha value is -0.660. The molecule has 0 aromatic heterocycles. The van der Waals surface area contributed by atoms with E-state index < -0.39 is 22.1 Å². The first kappa shape index (κ1) is 11.3. The van der Waals surface area contributed by atoms with Crippen molar-refractivity contribution in [3.8, 4) is 0 Å². The zero-order valence-electron chi connectivity index (χ0n) is 6.69. The van der Waals surface area contributed by atoms with Gasteiger partial charge in [-0.1, -0.05) is 0 Å². The molecule has 0 fully saturated rings. The van der Waals surface area contributed by atoms with Gasteiger partial charge in [-0.15, -0.1) is 0 Å². The van der Waals surface area contributed by atoms with Crippen LogP contribution in [-0.4, -0.2) is 32.7 Å². The van der Waals surface area contributed by atoms with Gasteiger partial charge in [-0.25, -0.2) is 4.79 Å². The second kappa shape index (κ2) is 4.39. The van der Waals surface area contributed by atoms with Gasteiger partial charge in [-0.3, -0.25) is 0 Å². The predicted molar refractivity (Wildman–Crippen MR) is 42.6 cm³/mol. The van der Waals surface area contributed by atoms with E-state index in [1.54, 1.807) is 0 Å². The summed E-state index contributed by atoms with van der Waals surface area (Å²) >= 11 is 0. The van der Waals surface area contributed by atoms with Gasteiger partial charge in [0, 0.05) is 6.54 Å². The van der Waals surface area contributed by atoms with Gasteiger partial charge in [-0.05, 0) is 6.92 Å². The van der Waals surface area contributed by atoms with E-state index in [0.717, 1.165) is 0 Å². The monoisotopic (exact) mass is 196 g/mol. The molecule has 0 spiro atoms. The predicted octanol–water partition coefficient (Wildman–Crippen LogP) is -1.83. The van der Waals surface area contributed by atoms with Crippen LogP contribution in [0.4, 0.5) is 0 Å². The standard InChI is InChI=1S/C5H12N2O4S/c1-4(7)5(8)11-12(9,10)3-2-6/h4H,2-3,6-7H2,1H3/t4-/m0/s1. The lowest BCUT2D eigenvalue weighted by atomic mass is 10.4. The fraction of sp³-hybridized carbons (Fsp3) is 0.800. The fourth-order valence-corrected chi connectivity index (χ4v) is 1.16. The summed E-state index contributed by atoms with van der Waals surface area (Å²) in [5.41, 5.74) is 10.0. The molecule has 0 rings (SSSR count). The van der Waals surface area contributed by atoms with Crippen molar-refractivity contribution in [2.75, 3.05) is 12.3 Å². The molecule has 0 aromatic carbocycles. The van der Waals surface area contributed by atoms with Crippen LogP contribution < -0.4 is 11.5 Å². The highest BCUT2D eigenvalue weighted by molar-refractivity contribution is 7.87. The Balaban J connectivity index is 4.17. The van der Waals surface area contributed by atoms with E-state index >= 15 is 0 Å². The highest BCUT2D eigenvalue weighted by Gasteiger charge is 2.18. The van der Waals surface area contributed by atoms with Crippen LogP contribution in [0.15, 0.2) is 0 Å². The van der Waals surface area contributed by atoms with Crippen molar-refractivity contribution in [1.82, 2.24) is 0 Å². The molecule has 0 saturated heterocycles. The smallest absolute Gasteiger partial charge is 0.338 e. The van der Waals surface area contributed by atoms with Crippen LogP contribution in [-0.2, 0) is 19.1 Å². The highest BCUT2D eigenvalue weighted by Crippen LogP contribution is 1.94. The summed E-state index contributed by atoms with van der Waals surface area (Å²) in [6, 6.07) is -0.947. The van der Waals surface area contributed by atoms with Crippen molar-refractivity contribution in [3.05, 3.63) is 0 Å². The molecular formula is C5H12N2O4S. The minimum absolute atomic E-state index is 0.0887. The summed E-state index contributed by atoms with van der Waals surface area (Å²) in [6.45, 7) is 1.24. The summed E-state index contributed by atoms with van der Waals surface area (Å²) in [5.74, 6) is -1.35. The molecule has 0 aromatic rings. The average molecular weight is 196 g/mol. The molecule has 0 saturated carbocycles. The fourth-order valence-electron chi connectivity index (χ4n) is 0.387. The summed E-state index contributed by atoms with van der Waals surface area (Å²) < 4.78 is 25.6.